The first-order chi connectivity index (χ1) is 12.1. The second-order valence-electron chi connectivity index (χ2n) is 5.33. The van der Waals surface area contributed by atoms with Crippen molar-refractivity contribution in [2.45, 2.75) is 38.3 Å². The van der Waals surface area contributed by atoms with Crippen LogP contribution in [-0.4, -0.2) is 51.7 Å². The van der Waals surface area contributed by atoms with Gasteiger partial charge in [0.05, 0.1) is 24.2 Å². The molecular formula is C15H17BrF2N2O4S. The molecule has 0 saturated carbocycles. The van der Waals surface area contributed by atoms with Crippen LogP contribution >= 0.6 is 28.3 Å². The molecule has 2 aromatic rings. The Bertz CT molecular complexity index is 763. The number of pyridine rings is 1. The van der Waals surface area contributed by atoms with Crippen LogP contribution in [0.25, 0.3) is 11.0 Å². The van der Waals surface area contributed by atoms with E-state index in [9.17, 15) is 13.4 Å². The Morgan fingerprint density at radius 3 is 2.76 bits per heavy atom. The van der Waals surface area contributed by atoms with Gasteiger partial charge < -0.3 is 19.3 Å². The number of aliphatic hydroxyl groups excluding tert-OH is 1. The van der Waals surface area contributed by atoms with Gasteiger partial charge in [0.25, 0.3) is 0 Å². The standard InChI is InChI=1S/C13H11BrF2N2O4S.C2H6/c14-13-5(15)1-7-6(17-13)2-10(18(7)23-16)22-9-4-21-11-8(19)3-20-12(9)11;1-2/h1-2,8-9,11-12,19H,3-4H2;1-2H3/t8-,9-,11?,12-;/m1./s1. The topological polar surface area (TPSA) is 65.7 Å². The predicted octanol–water partition coefficient (Wildman–Crippen LogP) is 3.25. The number of ether oxygens (including phenoxy) is 3. The van der Waals surface area contributed by atoms with Gasteiger partial charge in [0, 0.05) is 12.1 Å². The summed E-state index contributed by atoms with van der Waals surface area (Å²) in [5, 5.41) is 9.73. The molecule has 138 valence electrons. The zero-order valence-electron chi connectivity index (χ0n) is 13.5. The Kier molecular flexibility index (Phi) is 5.84. The van der Waals surface area contributed by atoms with E-state index in [2.05, 4.69) is 20.9 Å². The van der Waals surface area contributed by atoms with Gasteiger partial charge in [-0.1, -0.05) is 13.8 Å². The first-order valence-electron chi connectivity index (χ1n) is 7.83. The number of aliphatic hydroxyl groups is 1. The van der Waals surface area contributed by atoms with Gasteiger partial charge in [0.15, 0.2) is 24.3 Å². The Hall–Kier alpha value is -0.940. The van der Waals surface area contributed by atoms with Crippen molar-refractivity contribution in [3.63, 3.8) is 0 Å². The Balaban J connectivity index is 0.000000880. The first-order valence-corrected chi connectivity index (χ1v) is 9.29. The number of halogens is 3. The first kappa shape index (κ1) is 18.8. The molecule has 4 rings (SSSR count). The van der Waals surface area contributed by atoms with Crippen LogP contribution in [0.4, 0.5) is 8.28 Å². The molecule has 2 saturated heterocycles. The summed E-state index contributed by atoms with van der Waals surface area (Å²) in [7, 11) is 0. The Morgan fingerprint density at radius 1 is 1.32 bits per heavy atom. The SMILES string of the molecule is CC.O[C@@H]1CO[C@H]2C1OC[C@H]2Oc1cc2nc(Br)c(F)cc2n1SF. The van der Waals surface area contributed by atoms with Gasteiger partial charge in [-0.3, -0.25) is 0 Å². The molecule has 0 spiro atoms. The average Bonchev–Trinajstić information content (AvgIpc) is 3.27. The van der Waals surface area contributed by atoms with E-state index in [1.165, 1.54) is 12.1 Å². The minimum absolute atomic E-state index is 0.0454. The van der Waals surface area contributed by atoms with Crippen molar-refractivity contribution >= 4 is 39.3 Å². The number of nitrogens with zero attached hydrogens (tertiary/aromatic N) is 2. The molecule has 0 aromatic carbocycles. The molecule has 10 heteroatoms. The number of fused-ring (bicyclic) bond motifs is 2. The van der Waals surface area contributed by atoms with E-state index in [4.69, 9.17) is 14.2 Å². The summed E-state index contributed by atoms with van der Waals surface area (Å²) >= 11 is 2.89. The number of aromatic nitrogens is 2. The maximum Gasteiger partial charge on any atom is 0.209 e. The molecule has 2 fully saturated rings. The molecule has 2 aliphatic rings. The van der Waals surface area contributed by atoms with Gasteiger partial charge in [-0.25, -0.2) is 13.3 Å². The molecule has 0 bridgehead atoms. The van der Waals surface area contributed by atoms with Crippen molar-refractivity contribution < 1.29 is 27.6 Å². The van der Waals surface area contributed by atoms with Crippen molar-refractivity contribution in [1.29, 1.82) is 0 Å². The summed E-state index contributed by atoms with van der Waals surface area (Å²) in [5.41, 5.74) is 0.650. The van der Waals surface area contributed by atoms with Gasteiger partial charge in [0.1, 0.15) is 22.9 Å². The van der Waals surface area contributed by atoms with Crippen LogP contribution in [0.1, 0.15) is 13.8 Å². The summed E-state index contributed by atoms with van der Waals surface area (Å²) in [6, 6.07) is 2.69. The maximum atomic E-state index is 13.6. The molecule has 25 heavy (non-hydrogen) atoms. The second kappa shape index (κ2) is 7.75. The van der Waals surface area contributed by atoms with E-state index in [0.717, 1.165) is 3.97 Å². The lowest BCUT2D eigenvalue weighted by Gasteiger charge is -2.17. The number of hydrogen-bond acceptors (Lipinski definition) is 6. The lowest BCUT2D eigenvalue weighted by atomic mass is 10.1. The van der Waals surface area contributed by atoms with Crippen LogP contribution in [0.15, 0.2) is 16.7 Å². The third-order valence-corrected chi connectivity index (χ3v) is 5.01. The number of hydrogen-bond donors (Lipinski definition) is 1. The highest BCUT2D eigenvalue weighted by Gasteiger charge is 2.48. The molecule has 0 radical (unpaired) electrons. The van der Waals surface area contributed by atoms with E-state index in [1.807, 2.05) is 13.8 Å². The van der Waals surface area contributed by atoms with E-state index in [0.29, 0.717) is 5.52 Å². The van der Waals surface area contributed by atoms with E-state index < -0.39 is 30.2 Å². The molecule has 2 aromatic heterocycles. The monoisotopic (exact) mass is 438 g/mol. The Labute approximate surface area is 156 Å². The molecule has 1 unspecified atom stereocenters. The fourth-order valence-corrected chi connectivity index (χ4v) is 3.58. The summed E-state index contributed by atoms with van der Waals surface area (Å²) in [4.78, 5) is 4.02. The number of rotatable bonds is 3. The van der Waals surface area contributed by atoms with Crippen LogP contribution in [0.5, 0.6) is 5.88 Å². The van der Waals surface area contributed by atoms with Crippen molar-refractivity contribution in [1.82, 2.24) is 8.96 Å². The fourth-order valence-electron chi connectivity index (χ4n) is 2.89. The average molecular weight is 439 g/mol. The second-order valence-corrected chi connectivity index (χ2v) is 6.59. The van der Waals surface area contributed by atoms with E-state index >= 15 is 0 Å². The normalized spacial score (nSPS) is 27.9. The largest absolute Gasteiger partial charge is 0.469 e. The summed E-state index contributed by atoms with van der Waals surface area (Å²) in [6.07, 6.45) is -2.04. The van der Waals surface area contributed by atoms with E-state index in [-0.39, 0.29) is 41.5 Å². The quantitative estimate of drug-likeness (QED) is 0.741. The van der Waals surface area contributed by atoms with Crippen LogP contribution in [0.3, 0.4) is 0 Å². The van der Waals surface area contributed by atoms with Crippen LogP contribution in [-0.2, 0) is 9.47 Å². The van der Waals surface area contributed by atoms with E-state index in [1.54, 1.807) is 0 Å². The minimum Gasteiger partial charge on any atom is -0.469 e. The molecule has 6 nitrogen and oxygen atoms in total. The molecule has 0 amide bonds. The molecular weight excluding hydrogens is 422 g/mol. The third kappa shape index (κ3) is 3.37. The third-order valence-electron chi connectivity index (χ3n) is 3.94. The molecule has 4 heterocycles. The van der Waals surface area contributed by atoms with Gasteiger partial charge in [-0.2, -0.15) is 0 Å². The minimum atomic E-state index is -0.693. The van der Waals surface area contributed by atoms with Gasteiger partial charge >= 0.3 is 0 Å². The lowest BCUT2D eigenvalue weighted by molar-refractivity contribution is 0.00776. The van der Waals surface area contributed by atoms with Crippen LogP contribution < -0.4 is 4.74 Å². The lowest BCUT2D eigenvalue weighted by Crippen LogP contribution is -2.34. The highest BCUT2D eigenvalue weighted by Crippen LogP contribution is 2.35. The zero-order valence-corrected chi connectivity index (χ0v) is 15.9. The summed E-state index contributed by atoms with van der Waals surface area (Å²) < 4.78 is 44.8. The summed E-state index contributed by atoms with van der Waals surface area (Å²) in [5.74, 6) is -0.416. The highest BCUT2D eigenvalue weighted by molar-refractivity contribution is 9.10. The van der Waals surface area contributed by atoms with Gasteiger partial charge in [-0.05, 0) is 15.9 Å². The van der Waals surface area contributed by atoms with Crippen molar-refractivity contribution in [3.05, 3.63) is 22.6 Å². The molecule has 1 N–H and O–H groups in total. The zero-order chi connectivity index (χ0) is 18.1. The highest BCUT2D eigenvalue weighted by atomic mass is 79.9. The summed E-state index contributed by atoms with van der Waals surface area (Å²) in [6.45, 7) is 4.39. The molecule has 2 aliphatic heterocycles. The predicted molar refractivity (Wildman–Crippen MR) is 92.7 cm³/mol. The van der Waals surface area contributed by atoms with Crippen LogP contribution in [0, 0.1) is 5.82 Å². The van der Waals surface area contributed by atoms with Crippen molar-refractivity contribution in [2.24, 2.45) is 0 Å². The Morgan fingerprint density at radius 2 is 2.04 bits per heavy atom. The van der Waals surface area contributed by atoms with Crippen molar-refractivity contribution in [2.75, 3.05) is 13.2 Å². The molecule has 4 atom stereocenters. The maximum absolute atomic E-state index is 13.6. The smallest absolute Gasteiger partial charge is 0.209 e. The van der Waals surface area contributed by atoms with Gasteiger partial charge in [-0.15, -0.1) is 3.89 Å². The van der Waals surface area contributed by atoms with Crippen molar-refractivity contribution in [3.8, 4) is 5.88 Å². The van der Waals surface area contributed by atoms with Crippen LogP contribution in [0.2, 0.25) is 0 Å². The molecule has 0 aliphatic carbocycles. The van der Waals surface area contributed by atoms with Gasteiger partial charge in [0.2, 0.25) is 5.88 Å². The fraction of sp³-hybridized carbons (Fsp3) is 0.533.